The molecular formula is C16H19N. The molecule has 2 aromatic carbocycles. The van der Waals surface area contributed by atoms with Crippen molar-refractivity contribution in [3.05, 3.63) is 53.1 Å². The van der Waals surface area contributed by atoms with Crippen LogP contribution in [-0.2, 0) is 6.42 Å². The van der Waals surface area contributed by atoms with Crippen molar-refractivity contribution in [2.24, 2.45) is 0 Å². The number of nitrogen functional groups attached to an aromatic ring is 1. The highest BCUT2D eigenvalue weighted by Crippen LogP contribution is 2.27. The Hall–Kier alpha value is -1.76. The predicted octanol–water partition coefficient (Wildman–Crippen LogP) is 4.12. The lowest BCUT2D eigenvalue weighted by atomic mass is 9.96. The van der Waals surface area contributed by atoms with Crippen LogP contribution in [0.3, 0.4) is 0 Å². The minimum absolute atomic E-state index is 0.894. The highest BCUT2D eigenvalue weighted by atomic mass is 14.6. The number of hydrogen-bond donors (Lipinski definition) is 1. The fourth-order valence-electron chi connectivity index (χ4n) is 2.13. The maximum Gasteiger partial charge on any atom is 0.0352 e. The molecule has 0 fully saturated rings. The molecule has 0 bridgehead atoms. The van der Waals surface area contributed by atoms with E-state index in [1.165, 1.54) is 27.8 Å². The molecule has 88 valence electrons. The summed E-state index contributed by atoms with van der Waals surface area (Å²) in [6.45, 7) is 6.38. The molecule has 0 aliphatic heterocycles. The summed E-state index contributed by atoms with van der Waals surface area (Å²) in [5.74, 6) is 0. The van der Waals surface area contributed by atoms with Gasteiger partial charge in [-0.05, 0) is 48.6 Å². The monoisotopic (exact) mass is 225 g/mol. The first-order valence-electron chi connectivity index (χ1n) is 6.08. The third kappa shape index (κ3) is 2.33. The van der Waals surface area contributed by atoms with Crippen molar-refractivity contribution in [3.8, 4) is 11.1 Å². The fourth-order valence-corrected chi connectivity index (χ4v) is 2.13. The van der Waals surface area contributed by atoms with Crippen LogP contribution in [0.1, 0.15) is 23.6 Å². The van der Waals surface area contributed by atoms with E-state index in [0.29, 0.717) is 0 Å². The number of anilines is 1. The second-order valence-corrected chi connectivity index (χ2v) is 4.59. The van der Waals surface area contributed by atoms with E-state index in [-0.39, 0.29) is 0 Å². The summed E-state index contributed by atoms with van der Waals surface area (Å²) >= 11 is 0. The van der Waals surface area contributed by atoms with E-state index < -0.39 is 0 Å². The first kappa shape index (κ1) is 11.7. The Labute approximate surface area is 103 Å². The van der Waals surface area contributed by atoms with Crippen LogP contribution in [0.2, 0.25) is 0 Å². The third-order valence-corrected chi connectivity index (χ3v) is 3.23. The summed E-state index contributed by atoms with van der Waals surface area (Å²) in [6, 6.07) is 12.9. The van der Waals surface area contributed by atoms with Gasteiger partial charge in [0.1, 0.15) is 0 Å². The smallest absolute Gasteiger partial charge is 0.0352 e. The lowest BCUT2D eigenvalue weighted by Gasteiger charge is -2.10. The molecule has 1 nitrogen and oxygen atoms in total. The van der Waals surface area contributed by atoms with E-state index in [2.05, 4.69) is 57.2 Å². The van der Waals surface area contributed by atoms with E-state index >= 15 is 0 Å². The van der Waals surface area contributed by atoms with Gasteiger partial charge in [0, 0.05) is 5.69 Å². The minimum Gasteiger partial charge on any atom is -0.398 e. The van der Waals surface area contributed by atoms with Gasteiger partial charge in [-0.3, -0.25) is 0 Å². The summed E-state index contributed by atoms with van der Waals surface area (Å²) in [5.41, 5.74) is 13.2. The van der Waals surface area contributed by atoms with Crippen molar-refractivity contribution >= 4 is 5.69 Å². The van der Waals surface area contributed by atoms with Gasteiger partial charge >= 0.3 is 0 Å². The highest BCUT2D eigenvalue weighted by molar-refractivity contribution is 5.72. The fraction of sp³-hybridized carbons (Fsp3) is 0.250. The molecule has 0 spiro atoms. The zero-order valence-corrected chi connectivity index (χ0v) is 10.7. The molecule has 17 heavy (non-hydrogen) atoms. The Bertz CT molecular complexity index is 541. The van der Waals surface area contributed by atoms with Crippen molar-refractivity contribution in [2.75, 3.05) is 5.73 Å². The lowest BCUT2D eigenvalue weighted by molar-refractivity contribution is 1.14. The van der Waals surface area contributed by atoms with Crippen molar-refractivity contribution in [3.63, 3.8) is 0 Å². The summed E-state index contributed by atoms with van der Waals surface area (Å²) in [4.78, 5) is 0. The Morgan fingerprint density at radius 2 is 1.76 bits per heavy atom. The molecule has 2 rings (SSSR count). The number of nitrogens with two attached hydrogens (primary N) is 1. The van der Waals surface area contributed by atoms with Gasteiger partial charge in [-0.15, -0.1) is 0 Å². The summed E-state index contributed by atoms with van der Waals surface area (Å²) < 4.78 is 0. The molecule has 1 heteroatoms. The van der Waals surface area contributed by atoms with Crippen LogP contribution in [-0.4, -0.2) is 0 Å². The molecular weight excluding hydrogens is 206 g/mol. The number of rotatable bonds is 2. The topological polar surface area (TPSA) is 26.0 Å². The Morgan fingerprint density at radius 3 is 2.41 bits per heavy atom. The van der Waals surface area contributed by atoms with Gasteiger partial charge in [-0.2, -0.15) is 0 Å². The van der Waals surface area contributed by atoms with Gasteiger partial charge in [0.25, 0.3) is 0 Å². The summed E-state index contributed by atoms with van der Waals surface area (Å²) in [7, 11) is 0. The molecule has 0 aliphatic carbocycles. The molecule has 0 radical (unpaired) electrons. The normalized spacial score (nSPS) is 10.5. The van der Waals surface area contributed by atoms with Crippen LogP contribution < -0.4 is 5.73 Å². The van der Waals surface area contributed by atoms with Gasteiger partial charge in [0.2, 0.25) is 0 Å². The van der Waals surface area contributed by atoms with Crippen LogP contribution in [0.5, 0.6) is 0 Å². The van der Waals surface area contributed by atoms with Gasteiger partial charge in [-0.1, -0.05) is 42.8 Å². The Morgan fingerprint density at radius 1 is 1.00 bits per heavy atom. The number of benzene rings is 2. The van der Waals surface area contributed by atoms with E-state index in [1.807, 2.05) is 0 Å². The van der Waals surface area contributed by atoms with Gasteiger partial charge in [0.15, 0.2) is 0 Å². The summed E-state index contributed by atoms with van der Waals surface area (Å²) in [6.07, 6.45) is 0.985. The Kier molecular flexibility index (Phi) is 3.19. The SMILES string of the molecule is CCc1ccc(-c2cc(C)ccc2C)cc1N. The third-order valence-electron chi connectivity index (χ3n) is 3.23. The maximum absolute atomic E-state index is 6.06. The lowest BCUT2D eigenvalue weighted by Crippen LogP contribution is -1.94. The van der Waals surface area contributed by atoms with Crippen molar-refractivity contribution in [1.29, 1.82) is 0 Å². The van der Waals surface area contributed by atoms with E-state index in [9.17, 15) is 0 Å². The number of aryl methyl sites for hydroxylation is 3. The predicted molar refractivity (Wildman–Crippen MR) is 75.1 cm³/mol. The van der Waals surface area contributed by atoms with E-state index in [1.54, 1.807) is 0 Å². The molecule has 0 aliphatic rings. The zero-order chi connectivity index (χ0) is 12.4. The molecule has 2 N–H and O–H groups in total. The van der Waals surface area contributed by atoms with Gasteiger partial charge in [-0.25, -0.2) is 0 Å². The average molecular weight is 225 g/mol. The van der Waals surface area contributed by atoms with Crippen LogP contribution in [0.25, 0.3) is 11.1 Å². The molecule has 0 saturated carbocycles. The van der Waals surface area contributed by atoms with Crippen LogP contribution in [0.4, 0.5) is 5.69 Å². The number of hydrogen-bond acceptors (Lipinski definition) is 1. The molecule has 0 heterocycles. The van der Waals surface area contributed by atoms with Crippen molar-refractivity contribution in [1.82, 2.24) is 0 Å². The maximum atomic E-state index is 6.06. The molecule has 0 unspecified atom stereocenters. The van der Waals surface area contributed by atoms with Crippen molar-refractivity contribution in [2.45, 2.75) is 27.2 Å². The molecule has 0 atom stereocenters. The van der Waals surface area contributed by atoms with Gasteiger partial charge < -0.3 is 5.73 Å². The van der Waals surface area contributed by atoms with Gasteiger partial charge in [0.05, 0.1) is 0 Å². The van der Waals surface area contributed by atoms with Crippen LogP contribution in [0.15, 0.2) is 36.4 Å². The average Bonchev–Trinajstić information content (AvgIpc) is 2.32. The minimum atomic E-state index is 0.894. The van der Waals surface area contributed by atoms with E-state index in [0.717, 1.165) is 12.1 Å². The van der Waals surface area contributed by atoms with E-state index in [4.69, 9.17) is 5.73 Å². The molecule has 0 amide bonds. The first-order chi connectivity index (χ1) is 8.11. The van der Waals surface area contributed by atoms with Crippen LogP contribution in [0, 0.1) is 13.8 Å². The molecule has 0 aromatic heterocycles. The molecule has 0 saturated heterocycles. The van der Waals surface area contributed by atoms with Crippen molar-refractivity contribution < 1.29 is 0 Å². The first-order valence-corrected chi connectivity index (χ1v) is 6.08. The Balaban J connectivity index is 2.53. The standard InChI is InChI=1S/C16H19N/c1-4-13-7-8-14(10-16(13)17)15-9-11(2)5-6-12(15)3/h5-10H,4,17H2,1-3H3. The second-order valence-electron chi connectivity index (χ2n) is 4.59. The second kappa shape index (κ2) is 4.62. The highest BCUT2D eigenvalue weighted by Gasteiger charge is 2.04. The zero-order valence-electron chi connectivity index (χ0n) is 10.7. The largest absolute Gasteiger partial charge is 0.398 e. The summed E-state index contributed by atoms with van der Waals surface area (Å²) in [5, 5.41) is 0. The van der Waals surface area contributed by atoms with Crippen LogP contribution >= 0.6 is 0 Å². The quantitative estimate of drug-likeness (QED) is 0.764. The molecule has 2 aromatic rings.